The number of rotatable bonds is 4. The lowest BCUT2D eigenvalue weighted by Crippen LogP contribution is -2.02. The van der Waals surface area contributed by atoms with Crippen molar-refractivity contribution in [1.29, 1.82) is 0 Å². The molecule has 1 aromatic carbocycles. The first kappa shape index (κ1) is 12.0. The molecule has 3 nitrogen and oxygen atoms in total. The van der Waals surface area contributed by atoms with Gasteiger partial charge in [-0.05, 0) is 30.0 Å². The average Bonchev–Trinajstić information content (AvgIpc) is 1.99. The van der Waals surface area contributed by atoms with Crippen LogP contribution in [0.25, 0.3) is 0 Å². The third kappa shape index (κ3) is 4.78. The zero-order valence-corrected chi connectivity index (χ0v) is 9.42. The minimum absolute atomic E-state index is 0.00986. The molecule has 0 saturated heterocycles. The van der Waals surface area contributed by atoms with Crippen molar-refractivity contribution >= 4 is 10.5 Å². The predicted molar refractivity (Wildman–Crippen MR) is 55.6 cm³/mol. The van der Waals surface area contributed by atoms with Crippen molar-refractivity contribution in [1.82, 2.24) is 0 Å². The van der Waals surface area contributed by atoms with Crippen LogP contribution >= 0.6 is 0 Å². The van der Waals surface area contributed by atoms with E-state index in [1.54, 1.807) is 6.07 Å². The molecule has 0 aromatic heterocycles. The highest BCUT2D eigenvalue weighted by Gasteiger charge is 2.09. The Kier molecular flexibility index (Phi) is 3.68. The summed E-state index contributed by atoms with van der Waals surface area (Å²) in [7, 11) is -4.92. The van der Waals surface area contributed by atoms with E-state index in [0.29, 0.717) is 5.92 Å². The molecule has 0 bridgehead atoms. The highest BCUT2D eigenvalue weighted by atomic mass is 32.3. The third-order valence-corrected chi connectivity index (χ3v) is 2.13. The SMILES string of the molecule is CC(C)Cc1cccc(OS(=O)(=O)F)c1. The Morgan fingerprint density at radius 2 is 2.07 bits per heavy atom. The Balaban J connectivity index is 2.83. The molecule has 0 unspecified atom stereocenters. The monoisotopic (exact) mass is 232 g/mol. The molecule has 0 aliphatic rings. The fraction of sp³-hybridized carbons (Fsp3) is 0.400. The number of hydrogen-bond donors (Lipinski definition) is 0. The Morgan fingerprint density at radius 1 is 1.40 bits per heavy atom. The Hall–Kier alpha value is -1.10. The fourth-order valence-electron chi connectivity index (χ4n) is 1.31. The first-order valence-electron chi connectivity index (χ1n) is 4.60. The van der Waals surface area contributed by atoms with E-state index in [9.17, 15) is 12.3 Å². The highest BCUT2D eigenvalue weighted by Crippen LogP contribution is 2.18. The summed E-state index contributed by atoms with van der Waals surface area (Å²) >= 11 is 0. The minimum atomic E-state index is -4.92. The van der Waals surface area contributed by atoms with E-state index in [-0.39, 0.29) is 5.75 Å². The van der Waals surface area contributed by atoms with Gasteiger partial charge in [0.1, 0.15) is 5.75 Å². The summed E-state index contributed by atoms with van der Waals surface area (Å²) in [6, 6.07) is 6.41. The van der Waals surface area contributed by atoms with Crippen molar-refractivity contribution in [2.24, 2.45) is 5.92 Å². The molecule has 15 heavy (non-hydrogen) atoms. The Bertz CT molecular complexity index is 426. The summed E-state index contributed by atoms with van der Waals surface area (Å²) in [4.78, 5) is 0. The molecular formula is C10H13FO3S. The van der Waals surface area contributed by atoms with Gasteiger partial charge in [0.15, 0.2) is 0 Å². The molecule has 0 amide bonds. The van der Waals surface area contributed by atoms with Crippen molar-refractivity contribution in [3.05, 3.63) is 29.8 Å². The Morgan fingerprint density at radius 3 is 2.60 bits per heavy atom. The lowest BCUT2D eigenvalue weighted by atomic mass is 10.0. The van der Waals surface area contributed by atoms with Crippen LogP contribution < -0.4 is 4.18 Å². The van der Waals surface area contributed by atoms with Gasteiger partial charge in [-0.3, -0.25) is 0 Å². The molecule has 84 valence electrons. The van der Waals surface area contributed by atoms with E-state index in [4.69, 9.17) is 0 Å². The lowest BCUT2D eigenvalue weighted by molar-refractivity contribution is 0.440. The molecular weight excluding hydrogens is 219 g/mol. The van der Waals surface area contributed by atoms with Gasteiger partial charge in [-0.1, -0.05) is 29.9 Å². The highest BCUT2D eigenvalue weighted by molar-refractivity contribution is 7.81. The summed E-state index contributed by atoms with van der Waals surface area (Å²) < 4.78 is 36.8. The molecule has 0 aliphatic heterocycles. The van der Waals surface area contributed by atoms with Crippen LogP contribution in [-0.4, -0.2) is 8.42 Å². The second-order valence-electron chi connectivity index (χ2n) is 3.72. The smallest absolute Gasteiger partial charge is 0.358 e. The van der Waals surface area contributed by atoms with Crippen LogP contribution in [0.15, 0.2) is 24.3 Å². The van der Waals surface area contributed by atoms with Gasteiger partial charge in [-0.2, -0.15) is 8.42 Å². The Labute approximate surface area is 89.3 Å². The van der Waals surface area contributed by atoms with Gasteiger partial charge >= 0.3 is 10.5 Å². The van der Waals surface area contributed by atoms with Crippen molar-refractivity contribution in [2.75, 3.05) is 0 Å². The predicted octanol–water partition coefficient (Wildman–Crippen LogP) is 2.48. The largest absolute Gasteiger partial charge is 0.488 e. The maximum Gasteiger partial charge on any atom is 0.488 e. The maximum atomic E-state index is 12.2. The summed E-state index contributed by atoms with van der Waals surface area (Å²) in [5.74, 6) is 0.456. The van der Waals surface area contributed by atoms with E-state index in [0.717, 1.165) is 12.0 Å². The van der Waals surface area contributed by atoms with Gasteiger partial charge in [0.25, 0.3) is 0 Å². The molecule has 0 radical (unpaired) electrons. The molecule has 0 spiro atoms. The van der Waals surface area contributed by atoms with Gasteiger partial charge < -0.3 is 4.18 Å². The first-order chi connectivity index (χ1) is 6.87. The molecule has 1 aromatic rings. The molecule has 0 N–H and O–H groups in total. The quantitative estimate of drug-likeness (QED) is 0.749. The van der Waals surface area contributed by atoms with Crippen LogP contribution in [0.5, 0.6) is 5.75 Å². The van der Waals surface area contributed by atoms with Crippen LogP contribution in [-0.2, 0) is 16.9 Å². The summed E-state index contributed by atoms with van der Waals surface area (Å²) in [6.07, 6.45) is 0.795. The second-order valence-corrected chi connectivity index (χ2v) is 4.67. The van der Waals surface area contributed by atoms with Crippen LogP contribution in [0, 0.1) is 5.92 Å². The standard InChI is InChI=1S/C10H13FO3S/c1-8(2)6-9-4-3-5-10(7-9)14-15(11,12)13/h3-5,7-8H,6H2,1-2H3. The number of halogens is 1. The van der Waals surface area contributed by atoms with E-state index < -0.39 is 10.5 Å². The van der Waals surface area contributed by atoms with Crippen molar-refractivity contribution in [2.45, 2.75) is 20.3 Å². The molecule has 1 rings (SSSR count). The first-order valence-corrected chi connectivity index (χ1v) is 5.90. The molecule has 0 aliphatic carbocycles. The molecule has 0 atom stereocenters. The normalized spacial score (nSPS) is 11.7. The minimum Gasteiger partial charge on any atom is -0.358 e. The summed E-state index contributed by atoms with van der Waals surface area (Å²) in [6.45, 7) is 4.08. The van der Waals surface area contributed by atoms with Gasteiger partial charge in [-0.25, -0.2) is 0 Å². The average molecular weight is 232 g/mol. The second kappa shape index (κ2) is 4.61. The van der Waals surface area contributed by atoms with E-state index in [1.165, 1.54) is 12.1 Å². The van der Waals surface area contributed by atoms with Crippen LogP contribution in [0.1, 0.15) is 19.4 Å². The lowest BCUT2D eigenvalue weighted by Gasteiger charge is -2.06. The molecule has 0 saturated carbocycles. The summed E-state index contributed by atoms with van der Waals surface area (Å²) in [5.41, 5.74) is 0.922. The molecule has 5 heteroatoms. The number of benzene rings is 1. The molecule has 0 fully saturated rings. The topological polar surface area (TPSA) is 43.4 Å². The fourth-order valence-corrected chi connectivity index (χ4v) is 1.64. The van der Waals surface area contributed by atoms with Crippen LogP contribution in [0.4, 0.5) is 3.89 Å². The zero-order valence-electron chi connectivity index (χ0n) is 8.60. The zero-order chi connectivity index (χ0) is 11.5. The van der Waals surface area contributed by atoms with E-state index >= 15 is 0 Å². The maximum absolute atomic E-state index is 12.2. The van der Waals surface area contributed by atoms with Gasteiger partial charge in [-0.15, -0.1) is 0 Å². The van der Waals surface area contributed by atoms with Crippen molar-refractivity contribution in [3.63, 3.8) is 0 Å². The number of hydrogen-bond acceptors (Lipinski definition) is 3. The summed E-state index contributed by atoms with van der Waals surface area (Å²) in [5, 5.41) is 0. The van der Waals surface area contributed by atoms with Crippen molar-refractivity contribution < 1.29 is 16.5 Å². The third-order valence-electron chi connectivity index (χ3n) is 1.74. The van der Waals surface area contributed by atoms with Crippen LogP contribution in [0.3, 0.4) is 0 Å². The van der Waals surface area contributed by atoms with Crippen molar-refractivity contribution in [3.8, 4) is 5.75 Å². The molecule has 0 heterocycles. The van der Waals surface area contributed by atoms with E-state index in [1.807, 2.05) is 19.9 Å². The van der Waals surface area contributed by atoms with Gasteiger partial charge in [0.05, 0.1) is 0 Å². The van der Waals surface area contributed by atoms with Crippen LogP contribution in [0.2, 0.25) is 0 Å². The van der Waals surface area contributed by atoms with E-state index in [2.05, 4.69) is 4.18 Å². The van der Waals surface area contributed by atoms with Gasteiger partial charge in [0, 0.05) is 0 Å². The van der Waals surface area contributed by atoms with Gasteiger partial charge in [0.2, 0.25) is 0 Å².